The summed E-state index contributed by atoms with van der Waals surface area (Å²) in [4.78, 5) is 14.4. The van der Waals surface area contributed by atoms with Crippen LogP contribution in [0.3, 0.4) is 0 Å². The number of likely N-dealkylation sites (tertiary alicyclic amines) is 1. The number of ketones is 1. The standard InChI is InChI=1S/C16H22BrNO2/c1-16(20)7-3-9-18(11-8-16)10-6-15(19)13-4-2-5-14(17)12-13/h2,4-5,12,20H,3,6-11H2,1H3. The molecule has 1 N–H and O–H groups in total. The van der Waals surface area contributed by atoms with Crippen molar-refractivity contribution >= 4 is 21.7 Å². The molecule has 0 spiro atoms. The first-order valence-corrected chi connectivity index (χ1v) is 7.99. The summed E-state index contributed by atoms with van der Waals surface area (Å²) in [6.07, 6.45) is 3.18. The van der Waals surface area contributed by atoms with E-state index in [-0.39, 0.29) is 5.78 Å². The van der Waals surface area contributed by atoms with E-state index in [2.05, 4.69) is 20.8 Å². The first-order chi connectivity index (χ1) is 9.46. The fraction of sp³-hybridized carbons (Fsp3) is 0.562. The van der Waals surface area contributed by atoms with Crippen LogP contribution in [0.4, 0.5) is 0 Å². The second-order valence-electron chi connectivity index (χ2n) is 5.88. The van der Waals surface area contributed by atoms with E-state index in [0.717, 1.165) is 48.9 Å². The fourth-order valence-corrected chi connectivity index (χ4v) is 3.01. The zero-order chi connectivity index (χ0) is 14.6. The van der Waals surface area contributed by atoms with Crippen LogP contribution in [0.2, 0.25) is 0 Å². The van der Waals surface area contributed by atoms with Gasteiger partial charge in [0.05, 0.1) is 5.60 Å². The molecule has 2 rings (SSSR count). The lowest BCUT2D eigenvalue weighted by Gasteiger charge is -2.22. The number of carbonyl (C=O) groups excluding carboxylic acids is 1. The highest BCUT2D eigenvalue weighted by Gasteiger charge is 2.24. The van der Waals surface area contributed by atoms with Crippen molar-refractivity contribution in [3.05, 3.63) is 34.3 Å². The fourth-order valence-electron chi connectivity index (χ4n) is 2.61. The molecule has 1 aromatic carbocycles. The summed E-state index contributed by atoms with van der Waals surface area (Å²) in [5, 5.41) is 10.1. The van der Waals surface area contributed by atoms with Gasteiger partial charge in [0.1, 0.15) is 0 Å². The maximum Gasteiger partial charge on any atom is 0.164 e. The Bertz CT molecular complexity index is 473. The molecule has 0 aliphatic carbocycles. The van der Waals surface area contributed by atoms with Gasteiger partial charge >= 0.3 is 0 Å². The number of hydrogen-bond donors (Lipinski definition) is 1. The normalized spacial score (nSPS) is 24.4. The zero-order valence-electron chi connectivity index (χ0n) is 11.9. The largest absolute Gasteiger partial charge is 0.390 e. The van der Waals surface area contributed by atoms with E-state index in [9.17, 15) is 9.90 Å². The minimum absolute atomic E-state index is 0.183. The number of benzene rings is 1. The van der Waals surface area contributed by atoms with Crippen molar-refractivity contribution in [2.45, 2.75) is 38.2 Å². The summed E-state index contributed by atoms with van der Waals surface area (Å²) < 4.78 is 0.939. The van der Waals surface area contributed by atoms with Crippen LogP contribution >= 0.6 is 15.9 Å². The summed E-state index contributed by atoms with van der Waals surface area (Å²) in [7, 11) is 0. The van der Waals surface area contributed by atoms with Gasteiger partial charge in [0.25, 0.3) is 0 Å². The molecule has 1 aliphatic rings. The van der Waals surface area contributed by atoms with Crippen molar-refractivity contribution in [2.24, 2.45) is 0 Å². The van der Waals surface area contributed by atoms with Gasteiger partial charge in [-0.15, -0.1) is 0 Å². The van der Waals surface area contributed by atoms with Crippen molar-refractivity contribution < 1.29 is 9.90 Å². The Morgan fingerprint density at radius 2 is 2.20 bits per heavy atom. The van der Waals surface area contributed by atoms with Crippen LogP contribution in [0.25, 0.3) is 0 Å². The molecular weight excluding hydrogens is 318 g/mol. The zero-order valence-corrected chi connectivity index (χ0v) is 13.5. The molecule has 0 bridgehead atoms. The Morgan fingerprint density at radius 1 is 1.40 bits per heavy atom. The van der Waals surface area contributed by atoms with Gasteiger partial charge in [-0.2, -0.15) is 0 Å². The number of nitrogens with zero attached hydrogens (tertiary/aromatic N) is 1. The second kappa shape index (κ2) is 6.83. The molecule has 1 aliphatic heterocycles. The van der Waals surface area contributed by atoms with E-state index in [1.54, 1.807) is 0 Å². The SMILES string of the molecule is CC1(O)CCCN(CCC(=O)c2cccc(Br)c2)CC1. The highest BCUT2D eigenvalue weighted by molar-refractivity contribution is 9.10. The molecule has 1 saturated heterocycles. The van der Waals surface area contributed by atoms with Crippen LogP contribution in [0.1, 0.15) is 43.0 Å². The Hall–Kier alpha value is -0.710. The van der Waals surface area contributed by atoms with Crippen molar-refractivity contribution in [3.8, 4) is 0 Å². The van der Waals surface area contributed by atoms with Crippen molar-refractivity contribution in [1.82, 2.24) is 4.90 Å². The average Bonchev–Trinajstić information content (AvgIpc) is 2.57. The van der Waals surface area contributed by atoms with Gasteiger partial charge in [0.2, 0.25) is 0 Å². The van der Waals surface area contributed by atoms with Crippen LogP contribution in [0, 0.1) is 0 Å². The van der Waals surface area contributed by atoms with Crippen LogP contribution in [0.15, 0.2) is 28.7 Å². The van der Waals surface area contributed by atoms with Gasteiger partial charge in [0.15, 0.2) is 5.78 Å². The van der Waals surface area contributed by atoms with E-state index in [1.807, 2.05) is 31.2 Å². The summed E-state index contributed by atoms with van der Waals surface area (Å²) in [6, 6.07) is 7.55. The van der Waals surface area contributed by atoms with Gasteiger partial charge in [0, 0.05) is 29.5 Å². The van der Waals surface area contributed by atoms with E-state index < -0.39 is 5.60 Å². The summed E-state index contributed by atoms with van der Waals surface area (Å²) in [5.74, 6) is 0.183. The minimum Gasteiger partial charge on any atom is -0.390 e. The Morgan fingerprint density at radius 3 is 2.95 bits per heavy atom. The topological polar surface area (TPSA) is 40.5 Å². The number of hydrogen-bond acceptors (Lipinski definition) is 3. The molecule has 4 heteroatoms. The monoisotopic (exact) mass is 339 g/mol. The van der Waals surface area contributed by atoms with E-state index in [0.29, 0.717) is 6.42 Å². The number of halogens is 1. The van der Waals surface area contributed by atoms with Crippen LogP contribution < -0.4 is 0 Å². The first-order valence-electron chi connectivity index (χ1n) is 7.20. The Balaban J connectivity index is 1.84. The molecule has 1 aromatic rings. The molecule has 0 radical (unpaired) electrons. The number of Topliss-reactive ketones (excluding diaryl/α,β-unsaturated/α-hetero) is 1. The molecule has 1 heterocycles. The Labute approximate surface area is 129 Å². The first kappa shape index (κ1) is 15.7. The predicted molar refractivity (Wildman–Crippen MR) is 84.0 cm³/mol. The minimum atomic E-state index is -0.539. The maximum absolute atomic E-state index is 12.2. The molecule has 110 valence electrons. The van der Waals surface area contributed by atoms with Crippen molar-refractivity contribution in [2.75, 3.05) is 19.6 Å². The van der Waals surface area contributed by atoms with Crippen molar-refractivity contribution in [1.29, 1.82) is 0 Å². The lowest BCUT2D eigenvalue weighted by molar-refractivity contribution is 0.0447. The van der Waals surface area contributed by atoms with E-state index in [1.165, 1.54) is 0 Å². The van der Waals surface area contributed by atoms with Crippen LogP contribution in [-0.2, 0) is 0 Å². The maximum atomic E-state index is 12.2. The average molecular weight is 340 g/mol. The van der Waals surface area contributed by atoms with Crippen LogP contribution in [-0.4, -0.2) is 41.0 Å². The highest BCUT2D eigenvalue weighted by Crippen LogP contribution is 2.21. The molecule has 0 saturated carbocycles. The lowest BCUT2D eigenvalue weighted by Crippen LogP contribution is -2.30. The molecule has 1 atom stereocenters. The third-order valence-electron chi connectivity index (χ3n) is 3.96. The van der Waals surface area contributed by atoms with Gasteiger partial charge < -0.3 is 10.0 Å². The smallest absolute Gasteiger partial charge is 0.164 e. The summed E-state index contributed by atoms with van der Waals surface area (Å²) in [5.41, 5.74) is 0.226. The van der Waals surface area contributed by atoms with Gasteiger partial charge in [-0.25, -0.2) is 0 Å². The molecule has 1 fully saturated rings. The van der Waals surface area contributed by atoms with E-state index in [4.69, 9.17) is 0 Å². The summed E-state index contributed by atoms with van der Waals surface area (Å²) in [6.45, 7) is 4.53. The molecule has 0 amide bonds. The number of aliphatic hydroxyl groups is 1. The lowest BCUT2D eigenvalue weighted by atomic mass is 9.98. The molecule has 20 heavy (non-hydrogen) atoms. The third kappa shape index (κ3) is 4.69. The summed E-state index contributed by atoms with van der Waals surface area (Å²) >= 11 is 3.39. The molecule has 1 unspecified atom stereocenters. The third-order valence-corrected chi connectivity index (χ3v) is 4.45. The molecule has 3 nitrogen and oxygen atoms in total. The van der Waals surface area contributed by atoms with E-state index >= 15 is 0 Å². The van der Waals surface area contributed by atoms with Crippen molar-refractivity contribution in [3.63, 3.8) is 0 Å². The van der Waals surface area contributed by atoms with Gasteiger partial charge in [-0.1, -0.05) is 28.1 Å². The predicted octanol–water partition coefficient (Wildman–Crippen LogP) is 3.26. The second-order valence-corrected chi connectivity index (χ2v) is 6.79. The number of carbonyl (C=O) groups is 1. The van der Waals surface area contributed by atoms with Crippen LogP contribution in [0.5, 0.6) is 0 Å². The molecular formula is C16H22BrNO2. The van der Waals surface area contributed by atoms with Gasteiger partial charge in [-0.05, 0) is 44.9 Å². The Kier molecular flexibility index (Phi) is 5.35. The number of rotatable bonds is 4. The molecule has 0 aromatic heterocycles. The highest BCUT2D eigenvalue weighted by atomic mass is 79.9. The van der Waals surface area contributed by atoms with Gasteiger partial charge in [-0.3, -0.25) is 4.79 Å². The quantitative estimate of drug-likeness (QED) is 0.856.